The average Bonchev–Trinajstić information content (AvgIpc) is 2.88. The summed E-state index contributed by atoms with van der Waals surface area (Å²) in [5.74, 6) is -1.59. The van der Waals surface area contributed by atoms with E-state index in [0.29, 0.717) is 11.1 Å². The molecule has 24 heavy (non-hydrogen) atoms. The van der Waals surface area contributed by atoms with Gasteiger partial charge in [0.15, 0.2) is 0 Å². The Labute approximate surface area is 136 Å². The summed E-state index contributed by atoms with van der Waals surface area (Å²) in [6, 6.07) is 16.6. The van der Waals surface area contributed by atoms with Gasteiger partial charge >= 0.3 is 0 Å². The zero-order chi connectivity index (χ0) is 16.7. The summed E-state index contributed by atoms with van der Waals surface area (Å²) < 4.78 is 13.6. The summed E-state index contributed by atoms with van der Waals surface area (Å²) in [6.45, 7) is 0. The number of amides is 1. The first-order valence-corrected chi connectivity index (χ1v) is 7.36. The van der Waals surface area contributed by atoms with E-state index in [9.17, 15) is 14.0 Å². The van der Waals surface area contributed by atoms with Gasteiger partial charge < -0.3 is 0 Å². The minimum atomic E-state index is -0.698. The number of carbonyl (C=O) groups excluding carboxylic acids is 2. The van der Waals surface area contributed by atoms with Crippen LogP contribution in [0.1, 0.15) is 26.3 Å². The SMILES string of the molecule is O=C(N/N=C1\C(=O)c2cccc3cccc1c23)c1ccccc1F. The summed E-state index contributed by atoms with van der Waals surface area (Å²) in [7, 11) is 0. The fourth-order valence-electron chi connectivity index (χ4n) is 2.90. The zero-order valence-electron chi connectivity index (χ0n) is 12.4. The van der Waals surface area contributed by atoms with Gasteiger partial charge in [-0.15, -0.1) is 0 Å². The number of nitrogens with one attached hydrogen (secondary N) is 1. The van der Waals surface area contributed by atoms with Crippen molar-refractivity contribution < 1.29 is 14.0 Å². The van der Waals surface area contributed by atoms with E-state index >= 15 is 0 Å². The number of Topliss-reactive ketones (excluding diaryl/α,β-unsaturated/α-hetero) is 1. The number of nitrogens with zero attached hydrogens (tertiary/aromatic N) is 1. The van der Waals surface area contributed by atoms with Crippen LogP contribution in [0.2, 0.25) is 0 Å². The van der Waals surface area contributed by atoms with Crippen LogP contribution in [0.4, 0.5) is 4.39 Å². The highest BCUT2D eigenvalue weighted by molar-refractivity contribution is 6.59. The molecule has 0 bridgehead atoms. The molecule has 0 saturated carbocycles. The second-order valence-corrected chi connectivity index (χ2v) is 5.42. The highest BCUT2D eigenvalue weighted by Gasteiger charge is 2.29. The summed E-state index contributed by atoms with van der Waals surface area (Å²) in [4.78, 5) is 24.6. The molecule has 0 radical (unpaired) electrons. The molecule has 4 nitrogen and oxygen atoms in total. The molecule has 3 aromatic carbocycles. The van der Waals surface area contributed by atoms with E-state index in [1.165, 1.54) is 18.2 Å². The van der Waals surface area contributed by atoms with Crippen molar-refractivity contribution in [1.82, 2.24) is 5.43 Å². The third kappa shape index (κ3) is 2.10. The van der Waals surface area contributed by atoms with E-state index in [4.69, 9.17) is 0 Å². The lowest BCUT2D eigenvalue weighted by molar-refractivity contribution is 0.0951. The van der Waals surface area contributed by atoms with Crippen LogP contribution in [0.5, 0.6) is 0 Å². The van der Waals surface area contributed by atoms with Crippen LogP contribution in [0.15, 0.2) is 65.8 Å². The molecular weight excluding hydrogens is 307 g/mol. The van der Waals surface area contributed by atoms with Crippen LogP contribution in [-0.4, -0.2) is 17.4 Å². The molecule has 0 aromatic heterocycles. The Bertz CT molecular complexity index is 1040. The topological polar surface area (TPSA) is 58.5 Å². The fourth-order valence-corrected chi connectivity index (χ4v) is 2.90. The van der Waals surface area contributed by atoms with Crippen LogP contribution < -0.4 is 5.43 Å². The number of hydrogen-bond acceptors (Lipinski definition) is 3. The highest BCUT2D eigenvalue weighted by atomic mass is 19.1. The molecule has 0 fully saturated rings. The van der Waals surface area contributed by atoms with E-state index in [1.807, 2.05) is 18.2 Å². The van der Waals surface area contributed by atoms with Crippen molar-refractivity contribution in [2.75, 3.05) is 0 Å². The zero-order valence-corrected chi connectivity index (χ0v) is 12.4. The second kappa shape index (κ2) is 5.38. The summed E-state index contributed by atoms with van der Waals surface area (Å²) in [6.07, 6.45) is 0. The lowest BCUT2D eigenvalue weighted by Gasteiger charge is -2.03. The van der Waals surface area contributed by atoms with Crippen molar-refractivity contribution in [2.45, 2.75) is 0 Å². The van der Waals surface area contributed by atoms with Crippen molar-refractivity contribution in [3.05, 3.63) is 83.2 Å². The molecular formula is C19H11FN2O2. The summed E-state index contributed by atoms with van der Waals surface area (Å²) in [5, 5.41) is 5.72. The summed E-state index contributed by atoms with van der Waals surface area (Å²) in [5.41, 5.74) is 3.54. The number of carbonyl (C=O) groups is 2. The van der Waals surface area contributed by atoms with E-state index in [-0.39, 0.29) is 17.1 Å². The molecule has 3 aromatic rings. The smallest absolute Gasteiger partial charge is 0.274 e. The molecule has 0 atom stereocenters. The molecule has 0 aliphatic heterocycles. The predicted octanol–water partition coefficient (Wildman–Crippen LogP) is 3.31. The van der Waals surface area contributed by atoms with Gasteiger partial charge in [0.2, 0.25) is 5.78 Å². The molecule has 1 N–H and O–H groups in total. The maximum Gasteiger partial charge on any atom is 0.274 e. The Kier molecular flexibility index (Phi) is 3.20. The van der Waals surface area contributed by atoms with Gasteiger partial charge in [0.05, 0.1) is 5.56 Å². The molecule has 1 aliphatic carbocycles. The Hall–Kier alpha value is -3.34. The molecule has 0 saturated heterocycles. The maximum absolute atomic E-state index is 13.6. The van der Waals surface area contributed by atoms with Gasteiger partial charge in [0, 0.05) is 16.5 Å². The Balaban J connectivity index is 1.73. The Morgan fingerprint density at radius 2 is 1.62 bits per heavy atom. The van der Waals surface area contributed by atoms with E-state index in [0.717, 1.165) is 10.8 Å². The normalized spacial score (nSPS) is 14.4. The van der Waals surface area contributed by atoms with Crippen molar-refractivity contribution in [3.8, 4) is 0 Å². The van der Waals surface area contributed by atoms with Crippen molar-refractivity contribution >= 4 is 28.2 Å². The molecule has 1 aliphatic rings. The van der Waals surface area contributed by atoms with Crippen molar-refractivity contribution in [1.29, 1.82) is 0 Å². The van der Waals surface area contributed by atoms with Crippen molar-refractivity contribution in [2.24, 2.45) is 5.10 Å². The number of ketones is 1. The first-order valence-electron chi connectivity index (χ1n) is 7.36. The second-order valence-electron chi connectivity index (χ2n) is 5.42. The number of rotatable bonds is 2. The first kappa shape index (κ1) is 14.3. The van der Waals surface area contributed by atoms with Gasteiger partial charge in [-0.05, 0) is 17.5 Å². The minimum absolute atomic E-state index is 0.122. The van der Waals surface area contributed by atoms with E-state index in [1.54, 1.807) is 24.3 Å². The van der Waals surface area contributed by atoms with Gasteiger partial charge in [-0.1, -0.05) is 48.5 Å². The number of hydrogen-bond donors (Lipinski definition) is 1. The number of halogens is 1. The van der Waals surface area contributed by atoms with Gasteiger partial charge in [0.25, 0.3) is 5.91 Å². The first-order chi connectivity index (χ1) is 11.7. The van der Waals surface area contributed by atoms with Gasteiger partial charge in [0.1, 0.15) is 11.5 Å². The lowest BCUT2D eigenvalue weighted by Crippen LogP contribution is -2.23. The Morgan fingerprint density at radius 1 is 0.917 bits per heavy atom. The molecule has 4 rings (SSSR count). The third-order valence-electron chi connectivity index (χ3n) is 4.01. The van der Waals surface area contributed by atoms with Crippen LogP contribution >= 0.6 is 0 Å². The standard InChI is InChI=1S/C19H11FN2O2/c20-15-10-2-1-7-12(15)19(24)22-21-17-13-8-3-5-11-6-4-9-14(16(11)13)18(17)23/h1-10H,(H,22,24)/b21-17-. The van der Waals surface area contributed by atoms with Gasteiger partial charge in [-0.2, -0.15) is 5.10 Å². The highest BCUT2D eigenvalue weighted by Crippen LogP contribution is 2.30. The molecule has 5 heteroatoms. The average molecular weight is 318 g/mol. The van der Waals surface area contributed by atoms with Crippen molar-refractivity contribution in [3.63, 3.8) is 0 Å². The predicted molar refractivity (Wildman–Crippen MR) is 88.7 cm³/mol. The van der Waals surface area contributed by atoms with E-state index in [2.05, 4.69) is 10.5 Å². The largest absolute Gasteiger partial charge is 0.287 e. The molecule has 0 unspecified atom stereocenters. The van der Waals surface area contributed by atoms with Crippen LogP contribution in [0, 0.1) is 5.82 Å². The van der Waals surface area contributed by atoms with Crippen LogP contribution in [0.25, 0.3) is 10.8 Å². The fraction of sp³-hybridized carbons (Fsp3) is 0. The number of hydrazone groups is 1. The summed E-state index contributed by atoms with van der Waals surface area (Å²) >= 11 is 0. The number of benzene rings is 3. The molecule has 116 valence electrons. The molecule has 0 spiro atoms. The van der Waals surface area contributed by atoms with Gasteiger partial charge in [-0.25, -0.2) is 9.82 Å². The molecule has 0 heterocycles. The third-order valence-corrected chi connectivity index (χ3v) is 4.01. The Morgan fingerprint density at radius 3 is 2.38 bits per heavy atom. The quantitative estimate of drug-likeness (QED) is 0.737. The lowest BCUT2D eigenvalue weighted by atomic mass is 10.1. The molecule has 1 amide bonds. The maximum atomic E-state index is 13.6. The van der Waals surface area contributed by atoms with Gasteiger partial charge in [-0.3, -0.25) is 9.59 Å². The van der Waals surface area contributed by atoms with Crippen LogP contribution in [0.3, 0.4) is 0 Å². The monoisotopic (exact) mass is 318 g/mol. The van der Waals surface area contributed by atoms with E-state index < -0.39 is 11.7 Å². The minimum Gasteiger partial charge on any atom is -0.287 e. The van der Waals surface area contributed by atoms with Crippen LogP contribution in [-0.2, 0) is 0 Å².